The fourth-order valence-corrected chi connectivity index (χ4v) is 3.55. The molecule has 18 heavy (non-hydrogen) atoms. The highest BCUT2D eigenvalue weighted by Crippen LogP contribution is 2.41. The molecular weight excluding hydrogens is 218 g/mol. The summed E-state index contributed by atoms with van der Waals surface area (Å²) in [5, 5.41) is 0. The molecule has 1 aliphatic rings. The van der Waals surface area contributed by atoms with Crippen molar-refractivity contribution in [2.75, 3.05) is 0 Å². The predicted octanol–water partition coefficient (Wildman–Crippen LogP) is 4.06. The molecule has 2 rings (SSSR count). The Morgan fingerprint density at radius 3 is 2.11 bits per heavy atom. The van der Waals surface area contributed by atoms with Crippen molar-refractivity contribution in [1.29, 1.82) is 0 Å². The van der Waals surface area contributed by atoms with Gasteiger partial charge in [0, 0.05) is 6.04 Å². The predicted molar refractivity (Wildman–Crippen MR) is 78.9 cm³/mol. The minimum atomic E-state index is 0.306. The van der Waals surface area contributed by atoms with Crippen molar-refractivity contribution in [2.24, 2.45) is 11.1 Å². The Labute approximate surface area is 112 Å². The van der Waals surface area contributed by atoms with E-state index in [0.29, 0.717) is 11.5 Å². The summed E-state index contributed by atoms with van der Waals surface area (Å²) >= 11 is 0. The number of nitrogens with two attached hydrogens (primary N) is 1. The van der Waals surface area contributed by atoms with Gasteiger partial charge in [-0.2, -0.15) is 0 Å². The van der Waals surface area contributed by atoms with Crippen LogP contribution in [-0.4, -0.2) is 6.04 Å². The van der Waals surface area contributed by atoms with Gasteiger partial charge in [0.2, 0.25) is 0 Å². The van der Waals surface area contributed by atoms with E-state index in [0.717, 1.165) is 6.42 Å². The number of rotatable bonds is 3. The lowest BCUT2D eigenvalue weighted by Crippen LogP contribution is -2.39. The molecule has 2 N–H and O–H groups in total. The molecule has 0 amide bonds. The standard InChI is InChI=1S/C17H27N/c1-12-9-13(2)15(14(3)10-12)11-16(18)17(4)7-5-6-8-17/h9-10,16H,5-8,11,18H2,1-4H3. The molecule has 1 aromatic rings. The Kier molecular flexibility index (Phi) is 3.82. The Morgan fingerprint density at radius 2 is 1.61 bits per heavy atom. The fourth-order valence-electron chi connectivity index (χ4n) is 3.55. The van der Waals surface area contributed by atoms with Gasteiger partial charge in [0.1, 0.15) is 0 Å². The van der Waals surface area contributed by atoms with Gasteiger partial charge in [-0.25, -0.2) is 0 Å². The van der Waals surface area contributed by atoms with Crippen LogP contribution in [-0.2, 0) is 6.42 Å². The SMILES string of the molecule is Cc1cc(C)c(CC(N)C2(C)CCCC2)c(C)c1. The van der Waals surface area contributed by atoms with E-state index in [1.54, 1.807) is 0 Å². The van der Waals surface area contributed by atoms with Crippen LogP contribution in [0.3, 0.4) is 0 Å². The number of hydrogen-bond donors (Lipinski definition) is 1. The molecule has 0 aromatic heterocycles. The number of aryl methyl sites for hydroxylation is 3. The average molecular weight is 245 g/mol. The Hall–Kier alpha value is -0.820. The van der Waals surface area contributed by atoms with E-state index < -0.39 is 0 Å². The van der Waals surface area contributed by atoms with E-state index in [1.165, 1.54) is 47.9 Å². The highest BCUT2D eigenvalue weighted by Gasteiger charge is 2.34. The van der Waals surface area contributed by atoms with Crippen LogP contribution in [0, 0.1) is 26.2 Å². The van der Waals surface area contributed by atoms with Crippen LogP contribution in [0.4, 0.5) is 0 Å². The second kappa shape index (κ2) is 5.05. The molecule has 1 aliphatic carbocycles. The maximum absolute atomic E-state index is 6.52. The minimum Gasteiger partial charge on any atom is -0.327 e. The van der Waals surface area contributed by atoms with Gasteiger partial charge < -0.3 is 5.73 Å². The third kappa shape index (κ3) is 2.61. The van der Waals surface area contributed by atoms with Crippen LogP contribution in [0.5, 0.6) is 0 Å². The van der Waals surface area contributed by atoms with Gasteiger partial charge in [-0.3, -0.25) is 0 Å². The van der Waals surface area contributed by atoms with Crippen molar-refractivity contribution in [2.45, 2.75) is 65.8 Å². The van der Waals surface area contributed by atoms with Crippen LogP contribution in [0.2, 0.25) is 0 Å². The summed E-state index contributed by atoms with van der Waals surface area (Å²) in [6.45, 7) is 8.99. The quantitative estimate of drug-likeness (QED) is 0.853. The summed E-state index contributed by atoms with van der Waals surface area (Å²) in [6, 6.07) is 4.87. The molecule has 1 unspecified atom stereocenters. The molecular formula is C17H27N. The lowest BCUT2D eigenvalue weighted by Gasteiger charge is -2.32. The Bertz CT molecular complexity index is 404. The van der Waals surface area contributed by atoms with Crippen molar-refractivity contribution in [3.8, 4) is 0 Å². The van der Waals surface area contributed by atoms with Gasteiger partial charge in [-0.1, -0.05) is 37.5 Å². The summed E-state index contributed by atoms with van der Waals surface area (Å²) < 4.78 is 0. The molecule has 1 heteroatoms. The molecule has 1 saturated carbocycles. The molecule has 100 valence electrons. The molecule has 1 atom stereocenters. The lowest BCUT2D eigenvalue weighted by atomic mass is 9.77. The fraction of sp³-hybridized carbons (Fsp3) is 0.647. The highest BCUT2D eigenvalue weighted by atomic mass is 14.7. The van der Waals surface area contributed by atoms with Gasteiger partial charge in [-0.15, -0.1) is 0 Å². The molecule has 0 saturated heterocycles. The van der Waals surface area contributed by atoms with Crippen molar-refractivity contribution < 1.29 is 0 Å². The first-order valence-corrected chi connectivity index (χ1v) is 7.25. The third-order valence-corrected chi connectivity index (χ3v) is 4.91. The molecule has 0 bridgehead atoms. The Morgan fingerprint density at radius 1 is 1.11 bits per heavy atom. The topological polar surface area (TPSA) is 26.0 Å². The highest BCUT2D eigenvalue weighted by molar-refractivity contribution is 5.38. The molecule has 1 fully saturated rings. The maximum Gasteiger partial charge on any atom is 0.0134 e. The van der Waals surface area contributed by atoms with Crippen LogP contribution in [0.15, 0.2) is 12.1 Å². The van der Waals surface area contributed by atoms with Gasteiger partial charge >= 0.3 is 0 Å². The largest absolute Gasteiger partial charge is 0.327 e. The van der Waals surface area contributed by atoms with E-state index in [-0.39, 0.29) is 0 Å². The molecule has 0 spiro atoms. The van der Waals surface area contributed by atoms with E-state index in [1.807, 2.05) is 0 Å². The number of benzene rings is 1. The summed E-state index contributed by atoms with van der Waals surface area (Å²) in [5.41, 5.74) is 12.5. The second-order valence-corrected chi connectivity index (χ2v) is 6.55. The van der Waals surface area contributed by atoms with Crippen molar-refractivity contribution in [3.05, 3.63) is 34.4 Å². The third-order valence-electron chi connectivity index (χ3n) is 4.91. The molecule has 1 aromatic carbocycles. The summed E-state index contributed by atoms with van der Waals surface area (Å²) in [7, 11) is 0. The first-order valence-electron chi connectivity index (χ1n) is 7.25. The van der Waals surface area contributed by atoms with Gasteiger partial charge in [-0.05, 0) is 62.1 Å². The van der Waals surface area contributed by atoms with Gasteiger partial charge in [0.15, 0.2) is 0 Å². The van der Waals surface area contributed by atoms with Crippen molar-refractivity contribution >= 4 is 0 Å². The van der Waals surface area contributed by atoms with Crippen LogP contribution < -0.4 is 5.73 Å². The zero-order chi connectivity index (χ0) is 13.3. The lowest BCUT2D eigenvalue weighted by molar-refractivity contribution is 0.260. The summed E-state index contributed by atoms with van der Waals surface area (Å²) in [5.74, 6) is 0. The van der Waals surface area contributed by atoms with Crippen molar-refractivity contribution in [3.63, 3.8) is 0 Å². The van der Waals surface area contributed by atoms with E-state index >= 15 is 0 Å². The minimum absolute atomic E-state index is 0.306. The average Bonchev–Trinajstić information content (AvgIpc) is 2.71. The monoisotopic (exact) mass is 245 g/mol. The summed E-state index contributed by atoms with van der Waals surface area (Å²) in [6.07, 6.45) is 6.36. The molecule has 1 nitrogen and oxygen atoms in total. The Balaban J connectivity index is 2.19. The van der Waals surface area contributed by atoms with E-state index in [2.05, 4.69) is 39.8 Å². The van der Waals surface area contributed by atoms with Crippen LogP contribution in [0.1, 0.15) is 54.9 Å². The van der Waals surface area contributed by atoms with Gasteiger partial charge in [0.25, 0.3) is 0 Å². The zero-order valence-corrected chi connectivity index (χ0v) is 12.3. The van der Waals surface area contributed by atoms with Gasteiger partial charge in [0.05, 0.1) is 0 Å². The normalized spacial score (nSPS) is 20.1. The van der Waals surface area contributed by atoms with Crippen LogP contribution >= 0.6 is 0 Å². The first-order chi connectivity index (χ1) is 8.42. The van der Waals surface area contributed by atoms with Crippen molar-refractivity contribution in [1.82, 2.24) is 0 Å². The molecule has 0 aliphatic heterocycles. The second-order valence-electron chi connectivity index (χ2n) is 6.55. The molecule has 0 radical (unpaired) electrons. The molecule has 0 heterocycles. The summed E-state index contributed by atoms with van der Waals surface area (Å²) in [4.78, 5) is 0. The first kappa shape index (κ1) is 13.6. The van der Waals surface area contributed by atoms with Crippen LogP contribution in [0.25, 0.3) is 0 Å². The van der Waals surface area contributed by atoms with E-state index in [4.69, 9.17) is 5.73 Å². The number of hydrogen-bond acceptors (Lipinski definition) is 1. The maximum atomic E-state index is 6.52. The van der Waals surface area contributed by atoms with E-state index in [9.17, 15) is 0 Å². The smallest absolute Gasteiger partial charge is 0.0134 e. The zero-order valence-electron chi connectivity index (χ0n) is 12.3.